The number of primary amides is 1. The molecule has 0 unspecified atom stereocenters. The molecule has 6 rings (SSSR count). The zero-order valence-electron chi connectivity index (χ0n) is 23.4. The van der Waals surface area contributed by atoms with Gasteiger partial charge in [-0.25, -0.2) is 0 Å². The largest absolute Gasteiger partial charge is 0.372 e. The minimum absolute atomic E-state index is 0.0480. The third-order valence-corrected chi connectivity index (χ3v) is 8.16. The summed E-state index contributed by atoms with van der Waals surface area (Å²) in [5.41, 5.74) is 11.8. The van der Waals surface area contributed by atoms with E-state index >= 15 is 0 Å². The molecule has 0 radical (unpaired) electrons. The van der Waals surface area contributed by atoms with Crippen molar-refractivity contribution >= 4 is 45.2 Å². The Kier molecular flexibility index (Phi) is 6.83. The lowest BCUT2D eigenvalue weighted by molar-refractivity contribution is -0.0586. The monoisotopic (exact) mass is 570 g/mol. The third-order valence-electron chi connectivity index (χ3n) is 7.79. The van der Waals surface area contributed by atoms with E-state index in [4.69, 9.17) is 26.6 Å². The molecule has 1 fully saturated rings. The van der Waals surface area contributed by atoms with E-state index in [0.29, 0.717) is 52.6 Å². The maximum Gasteiger partial charge on any atom is 0.254 e. The summed E-state index contributed by atoms with van der Waals surface area (Å²) in [7, 11) is 0. The summed E-state index contributed by atoms with van der Waals surface area (Å²) in [6.07, 6.45) is -0.0960. The molecule has 2 aromatic heterocycles. The van der Waals surface area contributed by atoms with Crippen LogP contribution in [0.5, 0.6) is 0 Å². The van der Waals surface area contributed by atoms with Gasteiger partial charge in [-0.3, -0.25) is 9.59 Å². The minimum Gasteiger partial charge on any atom is -0.372 e. The maximum absolute atomic E-state index is 13.7. The number of nitrogens with zero attached hydrogens (tertiary/aromatic N) is 3. The molecule has 2 N–H and O–H groups in total. The number of morpholine rings is 1. The second-order valence-electron chi connectivity index (χ2n) is 10.9. The SMILES string of the molecule is Cc1noc(C)c1-c1cc(C(N)=O)c2c3cc(C(=O)N4C[C@@H](C)O[C@@H](C)C4)ccc3n(Cc3ccccc3Cl)c2c1. The Morgan fingerprint density at radius 3 is 2.41 bits per heavy atom. The molecule has 3 heterocycles. The molecule has 3 aromatic carbocycles. The second kappa shape index (κ2) is 10.4. The van der Waals surface area contributed by atoms with Crippen molar-refractivity contribution in [2.24, 2.45) is 5.73 Å². The minimum atomic E-state index is -0.562. The number of rotatable bonds is 5. The zero-order chi connectivity index (χ0) is 29.0. The molecule has 0 aliphatic carbocycles. The van der Waals surface area contributed by atoms with Crippen LogP contribution in [0.3, 0.4) is 0 Å². The molecular weight excluding hydrogens is 540 g/mol. The normalized spacial score (nSPS) is 17.4. The highest BCUT2D eigenvalue weighted by molar-refractivity contribution is 6.31. The van der Waals surface area contributed by atoms with Crippen LogP contribution in [0.15, 0.2) is 59.1 Å². The van der Waals surface area contributed by atoms with Crippen molar-refractivity contribution < 1.29 is 18.8 Å². The quantitative estimate of drug-likeness (QED) is 0.274. The van der Waals surface area contributed by atoms with Gasteiger partial charge in [0.1, 0.15) is 5.76 Å². The molecule has 0 bridgehead atoms. The van der Waals surface area contributed by atoms with Crippen molar-refractivity contribution in [1.29, 1.82) is 0 Å². The molecule has 41 heavy (non-hydrogen) atoms. The fourth-order valence-corrected chi connectivity index (χ4v) is 6.28. The van der Waals surface area contributed by atoms with Gasteiger partial charge in [-0.2, -0.15) is 0 Å². The fraction of sp³-hybridized carbons (Fsp3) is 0.281. The summed E-state index contributed by atoms with van der Waals surface area (Å²) < 4.78 is 13.4. The fourth-order valence-electron chi connectivity index (χ4n) is 6.08. The number of amides is 2. The average Bonchev–Trinajstić information content (AvgIpc) is 3.43. The number of carbonyl (C=O) groups excluding carboxylic acids is 2. The predicted molar refractivity (Wildman–Crippen MR) is 159 cm³/mol. The van der Waals surface area contributed by atoms with Gasteiger partial charge >= 0.3 is 0 Å². The first-order chi connectivity index (χ1) is 19.6. The van der Waals surface area contributed by atoms with E-state index in [1.54, 1.807) is 6.07 Å². The average molecular weight is 571 g/mol. The molecular formula is C32H31ClN4O4. The van der Waals surface area contributed by atoms with E-state index in [1.165, 1.54) is 0 Å². The summed E-state index contributed by atoms with van der Waals surface area (Å²) in [5.74, 6) is 0.00900. The highest BCUT2D eigenvalue weighted by Crippen LogP contribution is 2.38. The third kappa shape index (κ3) is 4.77. The number of aryl methyl sites for hydroxylation is 2. The Morgan fingerprint density at radius 2 is 1.76 bits per heavy atom. The Balaban J connectivity index is 1.61. The Bertz CT molecular complexity index is 1810. The first-order valence-electron chi connectivity index (χ1n) is 13.6. The van der Waals surface area contributed by atoms with Crippen LogP contribution in [0.2, 0.25) is 5.02 Å². The highest BCUT2D eigenvalue weighted by atomic mass is 35.5. The van der Waals surface area contributed by atoms with Gasteiger partial charge in [0.25, 0.3) is 5.91 Å². The number of fused-ring (bicyclic) bond motifs is 3. The van der Waals surface area contributed by atoms with Crippen LogP contribution >= 0.6 is 11.6 Å². The number of aromatic nitrogens is 2. The standard InChI is InChI=1S/C32H31ClN4O4/c1-17-14-36(15-18(2)40-17)32(39)21-9-10-27-24(11-21)30-25(31(34)38)12-23(29-19(3)35-41-20(29)4)13-28(30)37(27)16-22-7-5-6-8-26(22)33/h5-13,17-18H,14-16H2,1-4H3,(H2,34,38)/t17-,18+. The first kappa shape index (κ1) is 27.1. The summed E-state index contributed by atoms with van der Waals surface area (Å²) in [5, 5.41) is 6.21. The van der Waals surface area contributed by atoms with Crippen LogP contribution in [-0.2, 0) is 11.3 Å². The molecule has 1 aliphatic heterocycles. The van der Waals surface area contributed by atoms with Crippen molar-refractivity contribution in [3.63, 3.8) is 0 Å². The van der Waals surface area contributed by atoms with Crippen LogP contribution in [-0.4, -0.2) is 51.7 Å². The van der Waals surface area contributed by atoms with Crippen molar-refractivity contribution in [1.82, 2.24) is 14.6 Å². The smallest absolute Gasteiger partial charge is 0.254 e. The van der Waals surface area contributed by atoms with Crippen LogP contribution in [0.4, 0.5) is 0 Å². The van der Waals surface area contributed by atoms with Crippen LogP contribution in [0.25, 0.3) is 32.9 Å². The lowest BCUT2D eigenvalue weighted by Gasteiger charge is -2.35. The van der Waals surface area contributed by atoms with Crippen molar-refractivity contribution in [2.75, 3.05) is 13.1 Å². The number of halogens is 1. The van der Waals surface area contributed by atoms with E-state index in [1.807, 2.05) is 81.1 Å². The number of nitrogens with two attached hydrogens (primary N) is 1. The van der Waals surface area contributed by atoms with Crippen molar-refractivity contribution in [3.05, 3.63) is 87.8 Å². The van der Waals surface area contributed by atoms with Gasteiger partial charge in [0.15, 0.2) is 0 Å². The van der Waals surface area contributed by atoms with Gasteiger partial charge in [-0.15, -0.1) is 0 Å². The molecule has 0 saturated carbocycles. The number of ether oxygens (including phenoxy) is 1. The lowest BCUT2D eigenvalue weighted by atomic mass is 9.97. The number of benzene rings is 3. The summed E-state index contributed by atoms with van der Waals surface area (Å²) >= 11 is 6.59. The van der Waals surface area contributed by atoms with E-state index in [-0.39, 0.29) is 18.1 Å². The number of hydrogen-bond acceptors (Lipinski definition) is 5. The van der Waals surface area contributed by atoms with Gasteiger partial charge in [-0.1, -0.05) is 35.0 Å². The van der Waals surface area contributed by atoms with E-state index < -0.39 is 5.91 Å². The maximum atomic E-state index is 13.7. The molecule has 5 aromatic rings. The topological polar surface area (TPSA) is 104 Å². The van der Waals surface area contributed by atoms with E-state index in [2.05, 4.69) is 9.72 Å². The molecule has 1 aliphatic rings. The predicted octanol–water partition coefficient (Wildman–Crippen LogP) is 6.12. The second-order valence-corrected chi connectivity index (χ2v) is 11.3. The number of hydrogen-bond donors (Lipinski definition) is 1. The Morgan fingerprint density at radius 1 is 1.02 bits per heavy atom. The summed E-state index contributed by atoms with van der Waals surface area (Å²) in [6.45, 7) is 9.13. The zero-order valence-corrected chi connectivity index (χ0v) is 24.2. The van der Waals surface area contributed by atoms with Crippen LogP contribution in [0.1, 0.15) is 51.6 Å². The molecule has 2 atom stereocenters. The highest BCUT2D eigenvalue weighted by Gasteiger charge is 2.28. The molecule has 210 valence electrons. The Labute approximate surface area is 242 Å². The van der Waals surface area contributed by atoms with Gasteiger partial charge in [0.2, 0.25) is 5.91 Å². The van der Waals surface area contributed by atoms with Crippen molar-refractivity contribution in [3.8, 4) is 11.1 Å². The van der Waals surface area contributed by atoms with Crippen molar-refractivity contribution in [2.45, 2.75) is 46.4 Å². The van der Waals surface area contributed by atoms with Gasteiger partial charge < -0.3 is 24.5 Å². The molecule has 9 heteroatoms. The van der Waals surface area contributed by atoms with Crippen LogP contribution in [0, 0.1) is 13.8 Å². The van der Waals surface area contributed by atoms with E-state index in [0.717, 1.165) is 33.1 Å². The molecule has 1 saturated heterocycles. The molecule has 2 amide bonds. The first-order valence-corrected chi connectivity index (χ1v) is 14.0. The molecule has 0 spiro atoms. The lowest BCUT2D eigenvalue weighted by Crippen LogP contribution is -2.48. The van der Waals surface area contributed by atoms with Gasteiger partial charge in [0.05, 0.1) is 23.4 Å². The van der Waals surface area contributed by atoms with E-state index in [9.17, 15) is 9.59 Å². The van der Waals surface area contributed by atoms with Gasteiger partial charge in [0, 0.05) is 57.6 Å². The summed E-state index contributed by atoms with van der Waals surface area (Å²) in [6, 6.07) is 17.1. The summed E-state index contributed by atoms with van der Waals surface area (Å²) in [4.78, 5) is 28.5. The Hall–Kier alpha value is -4.14. The van der Waals surface area contributed by atoms with Crippen LogP contribution < -0.4 is 5.73 Å². The van der Waals surface area contributed by atoms with Gasteiger partial charge in [-0.05, 0) is 75.2 Å². The molecule has 8 nitrogen and oxygen atoms in total. The number of carbonyl (C=O) groups is 2.